The Bertz CT molecular complexity index is 163. The fraction of sp³-hybridized carbons (Fsp3) is 0.167. The molecule has 0 aromatic carbocycles. The smallest absolute Gasteiger partial charge is 0.0565 e. The van der Waals surface area contributed by atoms with E-state index in [4.69, 9.17) is 0 Å². The summed E-state index contributed by atoms with van der Waals surface area (Å²) in [7, 11) is 0. The van der Waals surface area contributed by atoms with Gasteiger partial charge in [0, 0.05) is 11.8 Å². The summed E-state index contributed by atoms with van der Waals surface area (Å²) in [5.74, 6) is 0. The van der Waals surface area contributed by atoms with Crippen molar-refractivity contribution in [2.45, 2.75) is 6.92 Å². The van der Waals surface area contributed by atoms with E-state index in [1.807, 2.05) is 13.0 Å². The fourth-order valence-electron chi connectivity index (χ4n) is 0.496. The summed E-state index contributed by atoms with van der Waals surface area (Å²) in [4.78, 5) is 0. The highest BCUT2D eigenvalue weighted by atomic mass is 15.1. The van der Waals surface area contributed by atoms with Crippen molar-refractivity contribution in [2.24, 2.45) is 0 Å². The number of nitrogens with one attached hydrogen (secondary N) is 1. The SMILES string of the molecule is C/C=[C]/c1cn[nH]c1. The van der Waals surface area contributed by atoms with Crippen LogP contribution in [0.3, 0.4) is 0 Å². The lowest BCUT2D eigenvalue weighted by Crippen LogP contribution is -1.59. The largest absolute Gasteiger partial charge is 0.285 e. The zero-order valence-electron chi connectivity index (χ0n) is 4.68. The van der Waals surface area contributed by atoms with Crippen LogP contribution in [0.5, 0.6) is 0 Å². The lowest BCUT2D eigenvalue weighted by molar-refractivity contribution is 1.09. The molecule has 0 aliphatic carbocycles. The minimum absolute atomic E-state index is 0.993. The monoisotopic (exact) mass is 107 g/mol. The average Bonchev–Trinajstić information content (AvgIpc) is 2.19. The molecule has 1 rings (SSSR count). The van der Waals surface area contributed by atoms with Gasteiger partial charge in [0.05, 0.1) is 6.20 Å². The first-order valence-electron chi connectivity index (χ1n) is 2.46. The van der Waals surface area contributed by atoms with Crippen molar-refractivity contribution in [3.8, 4) is 0 Å². The first kappa shape index (κ1) is 5.09. The quantitative estimate of drug-likeness (QED) is 0.572. The maximum absolute atomic E-state index is 3.73. The third kappa shape index (κ3) is 0.964. The number of hydrogen-bond donors (Lipinski definition) is 1. The Kier molecular flexibility index (Phi) is 1.47. The van der Waals surface area contributed by atoms with E-state index in [9.17, 15) is 0 Å². The Balaban J connectivity index is 2.77. The molecule has 0 amide bonds. The molecule has 2 nitrogen and oxygen atoms in total. The van der Waals surface area contributed by atoms with Crippen LogP contribution in [-0.2, 0) is 0 Å². The molecule has 0 spiro atoms. The minimum atomic E-state index is 0.993. The third-order valence-corrected chi connectivity index (χ3v) is 0.809. The summed E-state index contributed by atoms with van der Waals surface area (Å²) in [6, 6.07) is 0. The summed E-state index contributed by atoms with van der Waals surface area (Å²) in [5.41, 5.74) is 0.993. The molecule has 1 heterocycles. The van der Waals surface area contributed by atoms with E-state index in [2.05, 4.69) is 16.3 Å². The molecular weight excluding hydrogens is 100 g/mol. The second-order valence-electron chi connectivity index (χ2n) is 1.42. The Morgan fingerprint density at radius 3 is 3.25 bits per heavy atom. The number of rotatable bonds is 1. The molecule has 41 valence electrons. The second-order valence-corrected chi connectivity index (χ2v) is 1.42. The van der Waals surface area contributed by atoms with Gasteiger partial charge in [-0.1, -0.05) is 6.08 Å². The van der Waals surface area contributed by atoms with Gasteiger partial charge in [-0.3, -0.25) is 5.10 Å². The van der Waals surface area contributed by atoms with Crippen LogP contribution >= 0.6 is 0 Å². The van der Waals surface area contributed by atoms with Gasteiger partial charge in [-0.05, 0) is 13.0 Å². The first-order chi connectivity index (χ1) is 3.93. The lowest BCUT2D eigenvalue weighted by Gasteiger charge is -1.71. The Hall–Kier alpha value is -1.05. The molecule has 0 saturated heterocycles. The zero-order valence-corrected chi connectivity index (χ0v) is 4.68. The van der Waals surface area contributed by atoms with Crippen LogP contribution in [0.15, 0.2) is 18.5 Å². The van der Waals surface area contributed by atoms with Crippen LogP contribution in [-0.4, -0.2) is 10.2 Å². The van der Waals surface area contributed by atoms with E-state index in [1.165, 1.54) is 0 Å². The van der Waals surface area contributed by atoms with E-state index in [-0.39, 0.29) is 0 Å². The molecule has 1 aromatic rings. The van der Waals surface area contributed by atoms with Crippen molar-refractivity contribution >= 4 is 0 Å². The Morgan fingerprint density at radius 2 is 2.75 bits per heavy atom. The zero-order chi connectivity index (χ0) is 5.82. The third-order valence-electron chi connectivity index (χ3n) is 0.809. The van der Waals surface area contributed by atoms with Gasteiger partial charge in [-0.2, -0.15) is 5.10 Å². The van der Waals surface area contributed by atoms with Gasteiger partial charge in [0.2, 0.25) is 0 Å². The van der Waals surface area contributed by atoms with Crippen molar-refractivity contribution in [2.75, 3.05) is 0 Å². The fourth-order valence-corrected chi connectivity index (χ4v) is 0.496. The molecule has 0 saturated carbocycles. The highest BCUT2D eigenvalue weighted by Crippen LogP contribution is 1.91. The number of hydrogen-bond acceptors (Lipinski definition) is 1. The van der Waals surface area contributed by atoms with Crippen LogP contribution in [0, 0.1) is 6.08 Å². The van der Waals surface area contributed by atoms with Gasteiger partial charge >= 0.3 is 0 Å². The summed E-state index contributed by atoms with van der Waals surface area (Å²) < 4.78 is 0. The predicted molar refractivity (Wildman–Crippen MR) is 31.2 cm³/mol. The van der Waals surface area contributed by atoms with E-state index < -0.39 is 0 Å². The van der Waals surface area contributed by atoms with Gasteiger partial charge in [-0.25, -0.2) is 0 Å². The van der Waals surface area contributed by atoms with E-state index in [0.717, 1.165) is 5.56 Å². The van der Waals surface area contributed by atoms with Crippen LogP contribution in [0.2, 0.25) is 0 Å². The van der Waals surface area contributed by atoms with E-state index in [1.54, 1.807) is 12.4 Å². The molecule has 1 aromatic heterocycles. The van der Waals surface area contributed by atoms with Crippen LogP contribution in [0.25, 0.3) is 0 Å². The second kappa shape index (κ2) is 2.31. The predicted octanol–water partition coefficient (Wildman–Crippen LogP) is 1.14. The number of allylic oxidation sites excluding steroid dienone is 1. The van der Waals surface area contributed by atoms with E-state index in [0.29, 0.717) is 0 Å². The van der Waals surface area contributed by atoms with Gasteiger partial charge in [0.1, 0.15) is 0 Å². The van der Waals surface area contributed by atoms with Crippen molar-refractivity contribution in [1.82, 2.24) is 10.2 Å². The van der Waals surface area contributed by atoms with Crippen LogP contribution in [0.1, 0.15) is 12.5 Å². The van der Waals surface area contributed by atoms with Crippen molar-refractivity contribution in [3.05, 3.63) is 30.1 Å². The maximum atomic E-state index is 3.73. The standard InChI is InChI=1S/C6H7N2/c1-2-3-6-4-7-8-5-6/h2,4-5H,1H3,(H,7,8). The summed E-state index contributed by atoms with van der Waals surface area (Å²) >= 11 is 0. The van der Waals surface area contributed by atoms with Gasteiger partial charge in [0.25, 0.3) is 0 Å². The minimum Gasteiger partial charge on any atom is -0.285 e. The molecule has 0 fully saturated rings. The molecule has 1 N–H and O–H groups in total. The Labute approximate surface area is 48.2 Å². The van der Waals surface area contributed by atoms with Gasteiger partial charge < -0.3 is 0 Å². The van der Waals surface area contributed by atoms with Crippen LogP contribution in [0.4, 0.5) is 0 Å². The number of aromatic amines is 1. The van der Waals surface area contributed by atoms with Gasteiger partial charge in [-0.15, -0.1) is 0 Å². The lowest BCUT2D eigenvalue weighted by atomic mass is 10.3. The van der Waals surface area contributed by atoms with Gasteiger partial charge in [0.15, 0.2) is 0 Å². The molecule has 2 heteroatoms. The number of H-pyrrole nitrogens is 1. The summed E-state index contributed by atoms with van der Waals surface area (Å²) in [6.07, 6.45) is 8.33. The average molecular weight is 107 g/mol. The molecule has 0 unspecified atom stereocenters. The molecule has 1 radical (unpaired) electrons. The maximum Gasteiger partial charge on any atom is 0.0565 e. The molecule has 0 atom stereocenters. The van der Waals surface area contributed by atoms with Crippen molar-refractivity contribution < 1.29 is 0 Å². The molecule has 0 aliphatic rings. The molecular formula is C6H7N2. The molecule has 0 aliphatic heterocycles. The summed E-state index contributed by atoms with van der Waals surface area (Å²) in [5, 5.41) is 6.42. The van der Waals surface area contributed by atoms with Crippen LogP contribution < -0.4 is 0 Å². The highest BCUT2D eigenvalue weighted by molar-refractivity contribution is 5.12. The molecule has 8 heavy (non-hydrogen) atoms. The molecule has 0 bridgehead atoms. The van der Waals surface area contributed by atoms with Crippen molar-refractivity contribution in [3.63, 3.8) is 0 Å². The number of aromatic nitrogens is 2. The highest BCUT2D eigenvalue weighted by Gasteiger charge is 1.81. The normalized spacial score (nSPS) is 10.6. The topological polar surface area (TPSA) is 28.7 Å². The summed E-state index contributed by atoms with van der Waals surface area (Å²) in [6.45, 7) is 1.92. The van der Waals surface area contributed by atoms with E-state index >= 15 is 0 Å². The Morgan fingerprint density at radius 1 is 1.88 bits per heavy atom. The van der Waals surface area contributed by atoms with Crippen molar-refractivity contribution in [1.29, 1.82) is 0 Å². The first-order valence-corrected chi connectivity index (χ1v) is 2.46. The number of nitrogens with zero attached hydrogens (tertiary/aromatic N) is 1.